The Morgan fingerprint density at radius 1 is 1.33 bits per heavy atom. The summed E-state index contributed by atoms with van der Waals surface area (Å²) >= 11 is 0. The van der Waals surface area contributed by atoms with Crippen molar-refractivity contribution in [3.8, 4) is 17.0 Å². The van der Waals surface area contributed by atoms with Gasteiger partial charge in [0.25, 0.3) is 0 Å². The van der Waals surface area contributed by atoms with E-state index in [9.17, 15) is 13.6 Å². The van der Waals surface area contributed by atoms with Crippen molar-refractivity contribution in [3.05, 3.63) is 47.7 Å². The lowest BCUT2D eigenvalue weighted by Gasteiger charge is -2.10. The zero-order chi connectivity index (χ0) is 15.4. The summed E-state index contributed by atoms with van der Waals surface area (Å²) in [6.45, 7) is 1.84. The summed E-state index contributed by atoms with van der Waals surface area (Å²) < 4.78 is 36.9. The van der Waals surface area contributed by atoms with Gasteiger partial charge in [-0.2, -0.15) is 0 Å². The maximum absolute atomic E-state index is 13.8. The molecule has 0 amide bonds. The number of carbonyl (C=O) groups excluding carboxylic acids is 1. The van der Waals surface area contributed by atoms with Gasteiger partial charge in [-0.05, 0) is 19.1 Å². The molecule has 0 saturated carbocycles. The summed E-state index contributed by atoms with van der Waals surface area (Å²) in [5.74, 6) is -2.55. The fraction of sp³-hybridized carbons (Fsp3) is 0.200. The van der Waals surface area contributed by atoms with Crippen LogP contribution in [0.1, 0.15) is 17.3 Å². The average molecular weight is 293 g/mol. The third kappa shape index (κ3) is 2.99. The fourth-order valence-electron chi connectivity index (χ4n) is 1.84. The summed E-state index contributed by atoms with van der Waals surface area (Å²) in [6.07, 6.45) is 1.30. The standard InChI is InChI=1S/C15H13F2NO3/c1-3-21-15(19)11-7-9(8-18-14(11)20-2)10-5-4-6-12(16)13(10)17/h4-8H,3H2,1-2H3. The molecule has 0 N–H and O–H groups in total. The van der Waals surface area contributed by atoms with Crippen LogP contribution in [0.3, 0.4) is 0 Å². The molecule has 1 heterocycles. The molecule has 21 heavy (non-hydrogen) atoms. The number of rotatable bonds is 4. The second kappa shape index (κ2) is 6.30. The lowest BCUT2D eigenvalue weighted by Crippen LogP contribution is -2.08. The van der Waals surface area contributed by atoms with E-state index in [2.05, 4.69) is 4.98 Å². The number of aromatic nitrogens is 1. The molecule has 0 bridgehead atoms. The summed E-state index contributed by atoms with van der Waals surface area (Å²) in [7, 11) is 1.35. The van der Waals surface area contributed by atoms with E-state index in [1.165, 1.54) is 31.5 Å². The highest BCUT2D eigenvalue weighted by Gasteiger charge is 2.18. The van der Waals surface area contributed by atoms with Gasteiger partial charge in [0, 0.05) is 17.3 Å². The number of esters is 1. The van der Waals surface area contributed by atoms with Gasteiger partial charge in [0.05, 0.1) is 13.7 Å². The number of halogens is 2. The van der Waals surface area contributed by atoms with E-state index in [-0.39, 0.29) is 29.2 Å². The third-order valence-electron chi connectivity index (χ3n) is 2.80. The molecule has 2 rings (SSSR count). The predicted octanol–water partition coefficient (Wildman–Crippen LogP) is 3.21. The van der Waals surface area contributed by atoms with Crippen molar-refractivity contribution in [1.82, 2.24) is 4.98 Å². The van der Waals surface area contributed by atoms with E-state index in [4.69, 9.17) is 9.47 Å². The molecule has 0 saturated heterocycles. The molecule has 0 atom stereocenters. The van der Waals surface area contributed by atoms with Gasteiger partial charge in [-0.1, -0.05) is 12.1 Å². The topological polar surface area (TPSA) is 48.4 Å². The third-order valence-corrected chi connectivity index (χ3v) is 2.80. The molecule has 0 radical (unpaired) electrons. The van der Waals surface area contributed by atoms with Crippen LogP contribution >= 0.6 is 0 Å². The predicted molar refractivity (Wildman–Crippen MR) is 72.1 cm³/mol. The molecule has 1 aromatic carbocycles. The molecule has 1 aromatic heterocycles. The quantitative estimate of drug-likeness (QED) is 0.812. The van der Waals surface area contributed by atoms with Gasteiger partial charge in [-0.3, -0.25) is 0 Å². The monoisotopic (exact) mass is 293 g/mol. The molecular formula is C15H13F2NO3. The van der Waals surface area contributed by atoms with Gasteiger partial charge in [-0.15, -0.1) is 0 Å². The van der Waals surface area contributed by atoms with E-state index in [1.807, 2.05) is 0 Å². The highest BCUT2D eigenvalue weighted by atomic mass is 19.2. The number of methoxy groups -OCH3 is 1. The van der Waals surface area contributed by atoms with Gasteiger partial charge in [-0.25, -0.2) is 18.6 Å². The fourth-order valence-corrected chi connectivity index (χ4v) is 1.84. The highest BCUT2D eigenvalue weighted by molar-refractivity contribution is 5.93. The van der Waals surface area contributed by atoms with Crippen LogP contribution in [0.15, 0.2) is 30.5 Å². The Bertz CT molecular complexity index is 674. The Balaban J connectivity index is 2.54. The van der Waals surface area contributed by atoms with Crippen molar-refractivity contribution in [2.24, 2.45) is 0 Å². The van der Waals surface area contributed by atoms with E-state index in [0.717, 1.165) is 6.07 Å². The van der Waals surface area contributed by atoms with Crippen molar-refractivity contribution in [3.63, 3.8) is 0 Å². The van der Waals surface area contributed by atoms with Crippen LogP contribution in [0.4, 0.5) is 8.78 Å². The summed E-state index contributed by atoms with van der Waals surface area (Å²) in [5, 5.41) is 0. The molecule has 0 aliphatic rings. The van der Waals surface area contributed by atoms with Crippen LogP contribution < -0.4 is 4.74 Å². The molecule has 4 nitrogen and oxygen atoms in total. The Hall–Kier alpha value is -2.50. The zero-order valence-corrected chi connectivity index (χ0v) is 11.5. The minimum atomic E-state index is -1.00. The zero-order valence-electron chi connectivity index (χ0n) is 11.5. The van der Waals surface area contributed by atoms with Gasteiger partial charge in [0.15, 0.2) is 11.6 Å². The molecule has 0 aliphatic carbocycles. The lowest BCUT2D eigenvalue weighted by molar-refractivity contribution is 0.0522. The molecule has 2 aromatic rings. The SMILES string of the molecule is CCOC(=O)c1cc(-c2cccc(F)c2F)cnc1OC. The molecular weight excluding hydrogens is 280 g/mol. The number of pyridine rings is 1. The van der Waals surface area contributed by atoms with E-state index < -0.39 is 17.6 Å². The van der Waals surface area contributed by atoms with Crippen LogP contribution in [-0.2, 0) is 4.74 Å². The molecule has 110 valence electrons. The smallest absolute Gasteiger partial charge is 0.343 e. The van der Waals surface area contributed by atoms with Crippen molar-refractivity contribution in [1.29, 1.82) is 0 Å². The minimum absolute atomic E-state index is 0.00991. The van der Waals surface area contributed by atoms with Crippen molar-refractivity contribution < 1.29 is 23.0 Å². The first kappa shape index (κ1) is 14.9. The summed E-state index contributed by atoms with van der Waals surface area (Å²) in [5.41, 5.74) is 0.326. The van der Waals surface area contributed by atoms with Crippen LogP contribution in [0, 0.1) is 11.6 Å². The van der Waals surface area contributed by atoms with Gasteiger partial charge in [0.2, 0.25) is 5.88 Å². The maximum atomic E-state index is 13.8. The number of ether oxygens (including phenoxy) is 2. The van der Waals surface area contributed by atoms with E-state index in [0.29, 0.717) is 0 Å². The largest absolute Gasteiger partial charge is 0.480 e. The first-order valence-corrected chi connectivity index (χ1v) is 6.24. The van der Waals surface area contributed by atoms with E-state index >= 15 is 0 Å². The number of benzene rings is 1. The Kier molecular flexibility index (Phi) is 4.47. The molecule has 0 spiro atoms. The molecule has 0 aliphatic heterocycles. The first-order chi connectivity index (χ1) is 10.1. The van der Waals surface area contributed by atoms with Crippen molar-refractivity contribution in [2.75, 3.05) is 13.7 Å². The Labute approximate surface area is 120 Å². The Morgan fingerprint density at radius 3 is 2.76 bits per heavy atom. The maximum Gasteiger partial charge on any atom is 0.343 e. The second-order valence-electron chi connectivity index (χ2n) is 4.10. The van der Waals surface area contributed by atoms with Crippen molar-refractivity contribution >= 4 is 5.97 Å². The van der Waals surface area contributed by atoms with E-state index in [1.54, 1.807) is 6.92 Å². The van der Waals surface area contributed by atoms with Crippen LogP contribution in [0.2, 0.25) is 0 Å². The second-order valence-corrected chi connectivity index (χ2v) is 4.10. The lowest BCUT2D eigenvalue weighted by atomic mass is 10.0. The summed E-state index contributed by atoms with van der Waals surface area (Å²) in [6, 6.07) is 5.16. The van der Waals surface area contributed by atoms with Gasteiger partial charge < -0.3 is 9.47 Å². The highest BCUT2D eigenvalue weighted by Crippen LogP contribution is 2.27. The minimum Gasteiger partial charge on any atom is -0.480 e. The number of carbonyl (C=O) groups is 1. The number of hydrogen-bond acceptors (Lipinski definition) is 4. The number of nitrogens with zero attached hydrogens (tertiary/aromatic N) is 1. The summed E-state index contributed by atoms with van der Waals surface area (Å²) in [4.78, 5) is 15.8. The first-order valence-electron chi connectivity index (χ1n) is 6.24. The van der Waals surface area contributed by atoms with Gasteiger partial charge in [0.1, 0.15) is 5.56 Å². The molecule has 0 fully saturated rings. The number of hydrogen-bond donors (Lipinski definition) is 0. The van der Waals surface area contributed by atoms with Crippen LogP contribution in [-0.4, -0.2) is 24.7 Å². The van der Waals surface area contributed by atoms with Gasteiger partial charge >= 0.3 is 5.97 Å². The van der Waals surface area contributed by atoms with Crippen LogP contribution in [0.5, 0.6) is 5.88 Å². The van der Waals surface area contributed by atoms with Crippen molar-refractivity contribution in [2.45, 2.75) is 6.92 Å². The Morgan fingerprint density at radius 2 is 2.10 bits per heavy atom. The normalized spacial score (nSPS) is 10.3. The van der Waals surface area contributed by atoms with Crippen LogP contribution in [0.25, 0.3) is 11.1 Å². The average Bonchev–Trinajstić information content (AvgIpc) is 2.49. The molecule has 0 unspecified atom stereocenters. The molecule has 6 heteroatoms.